The molecule has 5 nitrogen and oxygen atoms in total. The lowest BCUT2D eigenvalue weighted by atomic mass is 10.2. The minimum Gasteiger partial charge on any atom is -0.490 e. The molecule has 0 heterocycles. The second-order valence-corrected chi connectivity index (χ2v) is 4.98. The van der Waals surface area contributed by atoms with Crippen molar-refractivity contribution in [1.29, 1.82) is 0 Å². The van der Waals surface area contributed by atoms with Crippen molar-refractivity contribution >= 4 is 23.4 Å². The Bertz CT molecular complexity index is 697. The molecule has 0 spiro atoms. The quantitative estimate of drug-likeness (QED) is 0.654. The number of benzene rings is 2. The minimum atomic E-state index is -0.430. The summed E-state index contributed by atoms with van der Waals surface area (Å²) in [5, 5.41) is 0.532. The minimum absolute atomic E-state index is 0.392. The van der Waals surface area contributed by atoms with Crippen LogP contribution in [-0.4, -0.2) is 18.4 Å². The van der Waals surface area contributed by atoms with Gasteiger partial charge in [0.2, 0.25) is 0 Å². The molecule has 118 valence electrons. The average Bonchev–Trinajstić information content (AvgIpc) is 2.58. The van der Waals surface area contributed by atoms with Gasteiger partial charge in [0.1, 0.15) is 12.4 Å². The standard InChI is InChI=1S/C17H15ClN2O3/c1-2-11-23-15-9-5-13(6-10-15)17(22)20-19-16(21)12-3-7-14(18)8-4-12/h2-10H,1,11H2,(H,19,21)(H,20,22). The third kappa shape index (κ3) is 4.86. The lowest BCUT2D eigenvalue weighted by Crippen LogP contribution is -2.41. The van der Waals surface area contributed by atoms with Gasteiger partial charge in [0, 0.05) is 16.1 Å². The zero-order valence-electron chi connectivity index (χ0n) is 12.2. The molecule has 0 bridgehead atoms. The summed E-state index contributed by atoms with van der Waals surface area (Å²) in [7, 11) is 0. The highest BCUT2D eigenvalue weighted by atomic mass is 35.5. The van der Waals surface area contributed by atoms with Crippen LogP contribution in [0.25, 0.3) is 0 Å². The highest BCUT2D eigenvalue weighted by molar-refractivity contribution is 6.30. The van der Waals surface area contributed by atoms with Crippen molar-refractivity contribution in [2.75, 3.05) is 6.61 Å². The molecule has 0 aliphatic carbocycles. The second-order valence-electron chi connectivity index (χ2n) is 4.54. The summed E-state index contributed by atoms with van der Waals surface area (Å²) >= 11 is 5.75. The van der Waals surface area contributed by atoms with Gasteiger partial charge >= 0.3 is 0 Å². The monoisotopic (exact) mass is 330 g/mol. The summed E-state index contributed by atoms with van der Waals surface area (Å²) in [6.45, 7) is 3.95. The maximum absolute atomic E-state index is 12.0. The summed E-state index contributed by atoms with van der Waals surface area (Å²) in [5.41, 5.74) is 5.47. The predicted octanol–water partition coefficient (Wildman–Crippen LogP) is 2.98. The molecule has 0 aromatic heterocycles. The Kier molecular flexibility index (Phi) is 5.77. The first-order valence-corrected chi connectivity index (χ1v) is 7.18. The average molecular weight is 331 g/mol. The van der Waals surface area contributed by atoms with Crippen LogP contribution in [-0.2, 0) is 0 Å². The number of ether oxygens (including phenoxy) is 1. The predicted molar refractivity (Wildman–Crippen MR) is 88.5 cm³/mol. The lowest BCUT2D eigenvalue weighted by molar-refractivity contribution is 0.0846. The van der Waals surface area contributed by atoms with E-state index in [1.54, 1.807) is 54.6 Å². The van der Waals surface area contributed by atoms with E-state index in [0.717, 1.165) is 0 Å². The molecule has 0 atom stereocenters. The number of nitrogens with one attached hydrogen (secondary N) is 2. The molecule has 0 aliphatic rings. The molecule has 6 heteroatoms. The Hall–Kier alpha value is -2.79. The number of hydrazine groups is 1. The first kappa shape index (κ1) is 16.6. The van der Waals surface area contributed by atoms with Crippen LogP contribution in [0.3, 0.4) is 0 Å². The summed E-state index contributed by atoms with van der Waals surface area (Å²) in [4.78, 5) is 23.8. The Labute approximate surface area is 138 Å². The lowest BCUT2D eigenvalue weighted by Gasteiger charge is -2.08. The van der Waals surface area contributed by atoms with E-state index in [9.17, 15) is 9.59 Å². The van der Waals surface area contributed by atoms with Crippen molar-refractivity contribution in [3.05, 3.63) is 77.3 Å². The van der Waals surface area contributed by atoms with Gasteiger partial charge in [0.15, 0.2) is 0 Å². The van der Waals surface area contributed by atoms with Gasteiger partial charge in [-0.15, -0.1) is 0 Å². The van der Waals surface area contributed by atoms with E-state index in [1.807, 2.05) is 0 Å². The maximum Gasteiger partial charge on any atom is 0.269 e. The molecule has 0 aliphatic heterocycles. The highest BCUT2D eigenvalue weighted by Crippen LogP contribution is 2.12. The Morgan fingerprint density at radius 2 is 1.43 bits per heavy atom. The van der Waals surface area contributed by atoms with Crippen molar-refractivity contribution in [1.82, 2.24) is 10.9 Å². The molecule has 2 aromatic rings. The number of carbonyl (C=O) groups is 2. The number of carbonyl (C=O) groups excluding carboxylic acids is 2. The third-order valence-electron chi connectivity index (χ3n) is 2.88. The summed E-state index contributed by atoms with van der Waals surface area (Å²) in [5.74, 6) is -0.227. The molecule has 2 rings (SSSR count). The van der Waals surface area contributed by atoms with Gasteiger partial charge in [0.05, 0.1) is 0 Å². The molecule has 23 heavy (non-hydrogen) atoms. The SMILES string of the molecule is C=CCOc1ccc(C(=O)NNC(=O)c2ccc(Cl)cc2)cc1. The molecular formula is C17H15ClN2O3. The summed E-state index contributed by atoms with van der Waals surface area (Å²) < 4.78 is 5.33. The fourth-order valence-corrected chi connectivity index (χ4v) is 1.84. The van der Waals surface area contributed by atoms with Gasteiger partial charge in [-0.3, -0.25) is 20.4 Å². The van der Waals surface area contributed by atoms with E-state index in [-0.39, 0.29) is 0 Å². The molecule has 0 fully saturated rings. The maximum atomic E-state index is 12.0. The van der Waals surface area contributed by atoms with Gasteiger partial charge in [0.25, 0.3) is 11.8 Å². The van der Waals surface area contributed by atoms with Crippen LogP contribution in [0.4, 0.5) is 0 Å². The summed E-state index contributed by atoms with van der Waals surface area (Å²) in [6, 6.07) is 12.9. The van der Waals surface area contributed by atoms with Crippen LogP contribution in [0.5, 0.6) is 5.75 Å². The third-order valence-corrected chi connectivity index (χ3v) is 3.13. The molecule has 2 N–H and O–H groups in total. The van der Waals surface area contributed by atoms with Gasteiger partial charge in [-0.05, 0) is 48.5 Å². The number of rotatable bonds is 5. The zero-order valence-corrected chi connectivity index (χ0v) is 13.0. The molecule has 0 radical (unpaired) electrons. The van der Waals surface area contributed by atoms with Crippen LogP contribution >= 0.6 is 11.6 Å². The molecule has 0 saturated carbocycles. The van der Waals surface area contributed by atoms with Crippen molar-refractivity contribution in [2.45, 2.75) is 0 Å². The van der Waals surface area contributed by atoms with Gasteiger partial charge in [-0.25, -0.2) is 0 Å². The molecule has 2 amide bonds. The number of amides is 2. The second kappa shape index (κ2) is 8.00. The fourth-order valence-electron chi connectivity index (χ4n) is 1.72. The van der Waals surface area contributed by atoms with E-state index in [4.69, 9.17) is 16.3 Å². The topological polar surface area (TPSA) is 67.4 Å². The number of hydrogen-bond acceptors (Lipinski definition) is 3. The summed E-state index contributed by atoms with van der Waals surface area (Å²) in [6.07, 6.45) is 1.63. The number of hydrogen-bond donors (Lipinski definition) is 2. The first-order chi connectivity index (χ1) is 11.1. The largest absolute Gasteiger partial charge is 0.490 e. The van der Waals surface area contributed by atoms with Crippen LogP contribution in [0.1, 0.15) is 20.7 Å². The van der Waals surface area contributed by atoms with Gasteiger partial charge < -0.3 is 4.74 Å². The Morgan fingerprint density at radius 1 is 0.957 bits per heavy atom. The fraction of sp³-hybridized carbons (Fsp3) is 0.0588. The van der Waals surface area contributed by atoms with Crippen molar-refractivity contribution in [2.24, 2.45) is 0 Å². The Balaban J connectivity index is 1.90. The van der Waals surface area contributed by atoms with Crippen LogP contribution in [0, 0.1) is 0 Å². The smallest absolute Gasteiger partial charge is 0.269 e. The highest BCUT2D eigenvalue weighted by Gasteiger charge is 2.09. The zero-order chi connectivity index (χ0) is 16.7. The van der Waals surface area contributed by atoms with Crippen LogP contribution in [0.2, 0.25) is 5.02 Å². The van der Waals surface area contributed by atoms with E-state index in [1.165, 1.54) is 0 Å². The molecule has 0 saturated heterocycles. The number of halogens is 1. The van der Waals surface area contributed by atoms with E-state index >= 15 is 0 Å². The van der Waals surface area contributed by atoms with Crippen LogP contribution < -0.4 is 15.6 Å². The van der Waals surface area contributed by atoms with Gasteiger partial charge in [-0.2, -0.15) is 0 Å². The normalized spacial score (nSPS) is 9.78. The van der Waals surface area contributed by atoms with Crippen molar-refractivity contribution in [3.63, 3.8) is 0 Å². The van der Waals surface area contributed by atoms with E-state index in [2.05, 4.69) is 17.4 Å². The van der Waals surface area contributed by atoms with Crippen LogP contribution in [0.15, 0.2) is 61.2 Å². The van der Waals surface area contributed by atoms with E-state index < -0.39 is 11.8 Å². The van der Waals surface area contributed by atoms with Crippen molar-refractivity contribution in [3.8, 4) is 5.75 Å². The van der Waals surface area contributed by atoms with Crippen molar-refractivity contribution < 1.29 is 14.3 Å². The first-order valence-electron chi connectivity index (χ1n) is 6.80. The van der Waals surface area contributed by atoms with E-state index in [0.29, 0.717) is 28.5 Å². The Morgan fingerprint density at radius 3 is 1.91 bits per heavy atom. The molecule has 2 aromatic carbocycles. The molecular weight excluding hydrogens is 316 g/mol. The molecule has 0 unspecified atom stereocenters. The van der Waals surface area contributed by atoms with Gasteiger partial charge in [-0.1, -0.05) is 24.3 Å².